The number of amidine groups is 1. The van der Waals surface area contributed by atoms with Crippen LogP contribution in [0.2, 0.25) is 0 Å². The molecule has 1 aromatic carbocycles. The van der Waals surface area contributed by atoms with Crippen molar-refractivity contribution in [1.29, 1.82) is 0 Å². The highest BCUT2D eigenvalue weighted by Crippen LogP contribution is 2.35. The van der Waals surface area contributed by atoms with Crippen molar-refractivity contribution in [3.8, 4) is 0 Å². The van der Waals surface area contributed by atoms with Crippen LogP contribution in [-0.2, 0) is 6.18 Å². The minimum absolute atomic E-state index is 0.237. The Hall–Kier alpha value is -2.09. The van der Waals surface area contributed by atoms with E-state index in [0.29, 0.717) is 11.7 Å². The SMILES string of the molecule is CCCC1=CC(N2CC[C@H](NCC3CC3)C2)=NCN1c1ccc(F)c(C(F)(F)F)c1. The molecular weight excluding hydrogens is 396 g/mol. The van der Waals surface area contributed by atoms with Crippen molar-refractivity contribution in [1.82, 2.24) is 10.2 Å². The van der Waals surface area contributed by atoms with Gasteiger partial charge in [-0.05, 0) is 62.4 Å². The van der Waals surface area contributed by atoms with E-state index in [1.165, 1.54) is 18.9 Å². The number of nitrogens with zero attached hydrogens (tertiary/aromatic N) is 3. The smallest absolute Gasteiger partial charge is 0.355 e. The van der Waals surface area contributed by atoms with Crippen molar-refractivity contribution >= 4 is 11.5 Å². The summed E-state index contributed by atoms with van der Waals surface area (Å²) in [6.07, 6.45) is 2.55. The maximum Gasteiger partial charge on any atom is 0.419 e. The normalized spacial score (nSPS) is 22.4. The Labute approximate surface area is 174 Å². The third-order valence-corrected chi connectivity index (χ3v) is 5.99. The second-order valence-corrected chi connectivity index (χ2v) is 8.42. The molecule has 2 aliphatic heterocycles. The van der Waals surface area contributed by atoms with Crippen LogP contribution >= 0.6 is 0 Å². The number of aliphatic imine (C=N–C) groups is 1. The van der Waals surface area contributed by atoms with Crippen LogP contribution in [0.4, 0.5) is 23.2 Å². The molecule has 4 nitrogen and oxygen atoms in total. The molecule has 3 aliphatic rings. The van der Waals surface area contributed by atoms with Crippen LogP contribution < -0.4 is 10.2 Å². The topological polar surface area (TPSA) is 30.9 Å². The molecule has 8 heteroatoms. The molecule has 30 heavy (non-hydrogen) atoms. The average molecular weight is 424 g/mol. The number of halogens is 4. The zero-order valence-corrected chi connectivity index (χ0v) is 17.2. The molecule has 2 heterocycles. The summed E-state index contributed by atoms with van der Waals surface area (Å²) in [6, 6.07) is 3.62. The van der Waals surface area contributed by atoms with Crippen molar-refractivity contribution < 1.29 is 17.6 Å². The maximum absolute atomic E-state index is 13.7. The van der Waals surface area contributed by atoms with Crippen LogP contribution in [0, 0.1) is 11.7 Å². The van der Waals surface area contributed by atoms with Crippen LogP contribution in [0.25, 0.3) is 0 Å². The molecule has 2 fully saturated rings. The molecule has 164 valence electrons. The van der Waals surface area contributed by atoms with E-state index in [1.54, 1.807) is 4.90 Å². The summed E-state index contributed by atoms with van der Waals surface area (Å²) < 4.78 is 53.1. The van der Waals surface area contributed by atoms with E-state index < -0.39 is 17.6 Å². The second kappa shape index (κ2) is 8.57. The van der Waals surface area contributed by atoms with Gasteiger partial charge in [-0.15, -0.1) is 0 Å². The summed E-state index contributed by atoms with van der Waals surface area (Å²) in [6.45, 7) is 5.18. The van der Waals surface area contributed by atoms with E-state index >= 15 is 0 Å². The molecule has 4 rings (SSSR count). The molecule has 1 N–H and O–H groups in total. The van der Waals surface area contributed by atoms with Crippen molar-refractivity contribution in [3.63, 3.8) is 0 Å². The lowest BCUT2D eigenvalue weighted by Gasteiger charge is -2.32. The van der Waals surface area contributed by atoms with Crippen LogP contribution in [-0.4, -0.2) is 43.1 Å². The highest BCUT2D eigenvalue weighted by molar-refractivity contribution is 5.95. The van der Waals surface area contributed by atoms with Crippen molar-refractivity contribution in [2.24, 2.45) is 10.9 Å². The Morgan fingerprint density at radius 2 is 2.00 bits per heavy atom. The third kappa shape index (κ3) is 4.79. The molecule has 0 radical (unpaired) electrons. The van der Waals surface area contributed by atoms with Gasteiger partial charge >= 0.3 is 6.18 Å². The Morgan fingerprint density at radius 3 is 2.70 bits per heavy atom. The first kappa shape index (κ1) is 21.2. The predicted molar refractivity (Wildman–Crippen MR) is 110 cm³/mol. The summed E-state index contributed by atoms with van der Waals surface area (Å²) in [7, 11) is 0. The Morgan fingerprint density at radius 1 is 1.20 bits per heavy atom. The molecule has 1 aliphatic carbocycles. The minimum atomic E-state index is -4.73. The van der Waals surface area contributed by atoms with Gasteiger partial charge in [-0.25, -0.2) is 9.38 Å². The van der Waals surface area contributed by atoms with Gasteiger partial charge in [-0.2, -0.15) is 13.2 Å². The number of allylic oxidation sites excluding steroid dienone is 1. The molecule has 0 aromatic heterocycles. The minimum Gasteiger partial charge on any atom is -0.355 e. The van der Waals surface area contributed by atoms with Gasteiger partial charge in [0.25, 0.3) is 0 Å². The monoisotopic (exact) mass is 424 g/mol. The summed E-state index contributed by atoms with van der Waals surface area (Å²) in [5, 5.41) is 3.64. The molecule has 1 aromatic rings. The van der Waals surface area contributed by atoms with Crippen molar-refractivity contribution in [3.05, 3.63) is 41.4 Å². The van der Waals surface area contributed by atoms with E-state index in [0.717, 1.165) is 68.5 Å². The molecule has 1 saturated carbocycles. The molecule has 0 unspecified atom stereocenters. The first-order valence-corrected chi connectivity index (χ1v) is 10.7. The molecule has 0 spiro atoms. The lowest BCUT2D eigenvalue weighted by molar-refractivity contribution is -0.139. The van der Waals surface area contributed by atoms with E-state index in [1.807, 2.05) is 13.0 Å². The number of nitrogens with one attached hydrogen (secondary N) is 1. The van der Waals surface area contributed by atoms with Gasteiger partial charge in [0.15, 0.2) is 0 Å². The molecule has 0 bridgehead atoms. The van der Waals surface area contributed by atoms with E-state index in [4.69, 9.17) is 0 Å². The van der Waals surface area contributed by atoms with Gasteiger partial charge in [0.2, 0.25) is 0 Å². The Bertz CT molecular complexity index is 829. The molecule has 1 saturated heterocycles. The van der Waals surface area contributed by atoms with Gasteiger partial charge < -0.3 is 15.1 Å². The zero-order chi connectivity index (χ0) is 21.3. The largest absolute Gasteiger partial charge is 0.419 e. The number of anilines is 1. The van der Waals surface area contributed by atoms with Crippen LogP contribution in [0.5, 0.6) is 0 Å². The quantitative estimate of drug-likeness (QED) is 0.667. The van der Waals surface area contributed by atoms with Gasteiger partial charge in [0.05, 0.1) is 5.56 Å². The van der Waals surface area contributed by atoms with Crippen molar-refractivity contribution in [2.75, 3.05) is 31.2 Å². The summed E-state index contributed by atoms with van der Waals surface area (Å²) in [5.41, 5.74) is -0.0111. The van der Waals surface area contributed by atoms with Crippen LogP contribution in [0.1, 0.15) is 44.6 Å². The average Bonchev–Trinajstić information content (AvgIpc) is 3.42. The van der Waals surface area contributed by atoms with E-state index in [2.05, 4.69) is 15.2 Å². The number of alkyl halides is 3. The van der Waals surface area contributed by atoms with Gasteiger partial charge in [0.1, 0.15) is 18.3 Å². The van der Waals surface area contributed by atoms with Gasteiger partial charge in [-0.3, -0.25) is 0 Å². The number of benzene rings is 1. The number of hydrogen-bond acceptors (Lipinski definition) is 4. The van der Waals surface area contributed by atoms with Crippen LogP contribution in [0.3, 0.4) is 0 Å². The first-order valence-electron chi connectivity index (χ1n) is 10.7. The Balaban J connectivity index is 1.48. The third-order valence-electron chi connectivity index (χ3n) is 5.99. The fraction of sp³-hybridized carbons (Fsp3) is 0.591. The summed E-state index contributed by atoms with van der Waals surface area (Å²) in [4.78, 5) is 8.65. The summed E-state index contributed by atoms with van der Waals surface area (Å²) >= 11 is 0. The summed E-state index contributed by atoms with van der Waals surface area (Å²) in [5.74, 6) is 0.479. The van der Waals surface area contributed by atoms with Gasteiger partial charge in [0, 0.05) is 30.5 Å². The maximum atomic E-state index is 13.7. The zero-order valence-electron chi connectivity index (χ0n) is 17.2. The fourth-order valence-electron chi connectivity index (χ4n) is 4.10. The Kier molecular flexibility index (Phi) is 6.04. The van der Waals surface area contributed by atoms with Crippen molar-refractivity contribution in [2.45, 2.75) is 51.2 Å². The highest BCUT2D eigenvalue weighted by atomic mass is 19.4. The molecule has 0 amide bonds. The van der Waals surface area contributed by atoms with E-state index in [-0.39, 0.29) is 6.67 Å². The molecule has 1 atom stereocenters. The predicted octanol–water partition coefficient (Wildman–Crippen LogP) is 4.78. The second-order valence-electron chi connectivity index (χ2n) is 8.42. The fourth-order valence-corrected chi connectivity index (χ4v) is 4.10. The lowest BCUT2D eigenvalue weighted by atomic mass is 10.1. The first-order chi connectivity index (χ1) is 14.3. The number of likely N-dealkylation sites (tertiary alicyclic amines) is 1. The van der Waals surface area contributed by atoms with E-state index in [9.17, 15) is 17.6 Å². The number of hydrogen-bond donors (Lipinski definition) is 1. The number of rotatable bonds is 6. The standard InChI is InChI=1S/C22H28F4N4/c1-2-3-17-11-21(29-9-8-16(13-29)27-12-15-4-5-15)28-14-30(17)18-6-7-20(23)19(10-18)22(24,25)26/h6-7,10-11,15-16,27H,2-5,8-9,12-14H2,1H3/t16-/m0/s1. The lowest BCUT2D eigenvalue weighted by Crippen LogP contribution is -2.38. The molecular formula is C22H28F4N4. The van der Waals surface area contributed by atoms with Gasteiger partial charge in [-0.1, -0.05) is 13.3 Å². The highest BCUT2D eigenvalue weighted by Gasteiger charge is 2.35. The van der Waals surface area contributed by atoms with Crippen LogP contribution in [0.15, 0.2) is 35.0 Å².